The summed E-state index contributed by atoms with van der Waals surface area (Å²) in [4.78, 5) is 41.1. The van der Waals surface area contributed by atoms with E-state index in [1.807, 2.05) is 0 Å². The van der Waals surface area contributed by atoms with E-state index in [0.717, 1.165) is 16.1 Å². The van der Waals surface area contributed by atoms with Crippen LogP contribution >= 0.6 is 0 Å². The van der Waals surface area contributed by atoms with E-state index in [-0.39, 0.29) is 25.4 Å². The molecule has 0 spiro atoms. The molecule has 0 N–H and O–H groups in total. The van der Waals surface area contributed by atoms with Crippen LogP contribution in [-0.2, 0) is 19.6 Å². The van der Waals surface area contributed by atoms with Crippen LogP contribution in [0.2, 0.25) is 0 Å². The van der Waals surface area contributed by atoms with Crippen molar-refractivity contribution in [2.24, 2.45) is 0 Å². The predicted molar refractivity (Wildman–Crippen MR) is 100 cm³/mol. The Labute approximate surface area is 163 Å². The minimum atomic E-state index is -3.28. The maximum atomic E-state index is 12.8. The molecule has 152 valence electrons. The Kier molecular flexibility index (Phi) is 5.68. The second kappa shape index (κ2) is 7.86. The largest absolute Gasteiger partial charge is 0.492 e. The first-order chi connectivity index (χ1) is 13.2. The van der Waals surface area contributed by atoms with E-state index in [4.69, 9.17) is 4.74 Å². The maximum absolute atomic E-state index is 12.8. The van der Waals surface area contributed by atoms with Gasteiger partial charge in [-0.3, -0.25) is 14.5 Å². The van der Waals surface area contributed by atoms with Crippen molar-refractivity contribution in [3.8, 4) is 5.75 Å². The van der Waals surface area contributed by atoms with Gasteiger partial charge in [0.15, 0.2) is 0 Å². The van der Waals surface area contributed by atoms with Gasteiger partial charge in [0.05, 0.1) is 25.2 Å². The van der Waals surface area contributed by atoms with Crippen molar-refractivity contribution in [1.82, 2.24) is 14.1 Å². The number of carbonyl (C=O) groups excluding carboxylic acids is 3. The Morgan fingerprint density at radius 3 is 2.25 bits per heavy atom. The molecule has 0 bridgehead atoms. The molecule has 2 heterocycles. The lowest BCUT2D eigenvalue weighted by Crippen LogP contribution is -2.52. The summed E-state index contributed by atoms with van der Waals surface area (Å²) in [6.45, 7) is 3.28. The van der Waals surface area contributed by atoms with Gasteiger partial charge in [0.1, 0.15) is 5.75 Å². The van der Waals surface area contributed by atoms with Crippen LogP contribution < -0.4 is 9.64 Å². The Morgan fingerprint density at radius 1 is 1.00 bits per heavy atom. The first-order valence-corrected chi connectivity index (χ1v) is 10.7. The first-order valence-electron chi connectivity index (χ1n) is 8.83. The van der Waals surface area contributed by atoms with Gasteiger partial charge < -0.3 is 4.74 Å². The number of hydrogen-bond donors (Lipinski definition) is 0. The molecule has 0 atom stereocenters. The molecule has 28 heavy (non-hydrogen) atoms. The lowest BCUT2D eigenvalue weighted by molar-refractivity contribution is -0.140. The second-order valence-electron chi connectivity index (χ2n) is 6.48. The highest BCUT2D eigenvalue weighted by atomic mass is 32.2. The zero-order chi connectivity index (χ0) is 20.5. The lowest BCUT2D eigenvalue weighted by atomic mass is 10.2. The molecule has 4 amide bonds. The van der Waals surface area contributed by atoms with Gasteiger partial charge in [-0.15, -0.1) is 0 Å². The number of amides is 4. The predicted octanol–water partition coefficient (Wildman–Crippen LogP) is -0.0848. The van der Waals surface area contributed by atoms with Gasteiger partial charge in [-0.05, 0) is 19.1 Å². The molecule has 0 aromatic heterocycles. The van der Waals surface area contributed by atoms with Crippen molar-refractivity contribution >= 4 is 33.6 Å². The molecule has 10 nitrogen and oxygen atoms in total. The molecular weight excluding hydrogens is 388 g/mol. The third-order valence-electron chi connectivity index (χ3n) is 4.60. The van der Waals surface area contributed by atoms with E-state index in [9.17, 15) is 22.8 Å². The van der Waals surface area contributed by atoms with Gasteiger partial charge in [-0.1, -0.05) is 12.1 Å². The molecule has 0 saturated carbocycles. The number of nitrogens with zero attached hydrogens (tertiary/aromatic N) is 4. The summed E-state index contributed by atoms with van der Waals surface area (Å²) in [5, 5.41) is 0. The number of carbonyl (C=O) groups is 3. The third-order valence-corrected chi connectivity index (χ3v) is 5.90. The fourth-order valence-electron chi connectivity index (χ4n) is 3.16. The highest BCUT2D eigenvalue weighted by Crippen LogP contribution is 2.31. The summed E-state index contributed by atoms with van der Waals surface area (Å²) in [7, 11) is -3.28. The van der Waals surface area contributed by atoms with Crippen LogP contribution in [0, 0.1) is 0 Å². The first kappa shape index (κ1) is 20.2. The van der Waals surface area contributed by atoms with Crippen molar-refractivity contribution < 1.29 is 27.5 Å². The lowest BCUT2D eigenvalue weighted by Gasteiger charge is -2.34. The molecule has 0 aliphatic carbocycles. The average Bonchev–Trinajstić information content (AvgIpc) is 2.86. The molecule has 1 aromatic carbocycles. The van der Waals surface area contributed by atoms with Gasteiger partial charge in [-0.25, -0.2) is 23.0 Å². The minimum absolute atomic E-state index is 0.0751. The Morgan fingerprint density at radius 2 is 1.64 bits per heavy atom. The molecule has 2 saturated heterocycles. The second-order valence-corrected chi connectivity index (χ2v) is 8.46. The summed E-state index contributed by atoms with van der Waals surface area (Å²) in [6.07, 6.45) is 1.14. The summed E-state index contributed by atoms with van der Waals surface area (Å²) in [5.41, 5.74) is 0.220. The Bertz CT molecular complexity index is 895. The van der Waals surface area contributed by atoms with Crippen molar-refractivity contribution in [3.63, 3.8) is 0 Å². The van der Waals surface area contributed by atoms with Gasteiger partial charge >= 0.3 is 17.8 Å². The number of piperazine rings is 1. The van der Waals surface area contributed by atoms with Crippen LogP contribution in [0.15, 0.2) is 24.3 Å². The quantitative estimate of drug-likeness (QED) is 0.477. The van der Waals surface area contributed by atoms with Gasteiger partial charge in [0.25, 0.3) is 0 Å². The SMILES string of the molecule is CCOc1ccccc1N1C(=O)C(=O)N(CN2CCN(S(C)(=O)=O)CC2)C1=O. The monoisotopic (exact) mass is 410 g/mol. The van der Waals surface area contributed by atoms with Crippen LogP contribution in [0.3, 0.4) is 0 Å². The van der Waals surface area contributed by atoms with Crippen LogP contribution in [0.1, 0.15) is 6.92 Å². The fraction of sp³-hybridized carbons (Fsp3) is 0.471. The Hall–Kier alpha value is -2.50. The van der Waals surface area contributed by atoms with Crippen molar-refractivity contribution in [2.75, 3.05) is 50.6 Å². The van der Waals surface area contributed by atoms with E-state index in [2.05, 4.69) is 0 Å². The zero-order valence-corrected chi connectivity index (χ0v) is 16.5. The van der Waals surface area contributed by atoms with Crippen LogP contribution in [-0.4, -0.2) is 86.1 Å². The van der Waals surface area contributed by atoms with Crippen molar-refractivity contribution in [3.05, 3.63) is 24.3 Å². The summed E-state index contributed by atoms with van der Waals surface area (Å²) in [6, 6.07) is 5.78. The van der Waals surface area contributed by atoms with E-state index >= 15 is 0 Å². The molecule has 0 radical (unpaired) electrons. The molecule has 2 aliphatic rings. The standard InChI is InChI=1S/C17H22N4O6S/c1-3-27-14-7-5-4-6-13(14)21-16(23)15(22)20(17(21)24)12-18-8-10-19(11-9-18)28(2,25)26/h4-7H,3,8-12H2,1-2H3. The van der Waals surface area contributed by atoms with Crippen LogP contribution in [0.5, 0.6) is 5.75 Å². The summed E-state index contributed by atoms with van der Waals surface area (Å²) >= 11 is 0. The van der Waals surface area contributed by atoms with Crippen LogP contribution in [0.4, 0.5) is 10.5 Å². The number of imide groups is 2. The van der Waals surface area contributed by atoms with E-state index in [1.165, 1.54) is 4.31 Å². The molecule has 3 rings (SSSR count). The number of hydrogen-bond acceptors (Lipinski definition) is 7. The normalized spacial score (nSPS) is 19.6. The zero-order valence-electron chi connectivity index (χ0n) is 15.7. The van der Waals surface area contributed by atoms with E-state index in [1.54, 1.807) is 36.1 Å². The molecule has 11 heteroatoms. The van der Waals surface area contributed by atoms with Crippen molar-refractivity contribution in [1.29, 1.82) is 0 Å². The maximum Gasteiger partial charge on any atom is 0.340 e. The number of ether oxygens (including phenoxy) is 1. The molecule has 2 fully saturated rings. The average molecular weight is 410 g/mol. The summed E-state index contributed by atoms with van der Waals surface area (Å²) < 4.78 is 30.0. The fourth-order valence-corrected chi connectivity index (χ4v) is 3.99. The minimum Gasteiger partial charge on any atom is -0.492 e. The van der Waals surface area contributed by atoms with E-state index < -0.39 is 27.9 Å². The van der Waals surface area contributed by atoms with Crippen molar-refractivity contribution in [2.45, 2.75) is 6.92 Å². The van der Waals surface area contributed by atoms with E-state index in [0.29, 0.717) is 25.4 Å². The number of benzene rings is 1. The highest BCUT2D eigenvalue weighted by molar-refractivity contribution is 7.88. The van der Waals surface area contributed by atoms with Gasteiger partial charge in [-0.2, -0.15) is 4.31 Å². The van der Waals surface area contributed by atoms with Gasteiger partial charge in [0, 0.05) is 26.2 Å². The molecule has 0 unspecified atom stereocenters. The molecular formula is C17H22N4O6S. The molecule has 2 aliphatic heterocycles. The number of sulfonamides is 1. The molecule has 1 aromatic rings. The smallest absolute Gasteiger partial charge is 0.340 e. The number of rotatable bonds is 6. The highest BCUT2D eigenvalue weighted by Gasteiger charge is 2.47. The van der Waals surface area contributed by atoms with Gasteiger partial charge in [0.2, 0.25) is 10.0 Å². The third kappa shape index (κ3) is 3.86. The summed E-state index contributed by atoms with van der Waals surface area (Å²) in [5.74, 6) is -1.52. The number of urea groups is 1. The topological polar surface area (TPSA) is 108 Å². The Balaban J connectivity index is 1.74. The van der Waals surface area contributed by atoms with Crippen LogP contribution in [0.25, 0.3) is 0 Å². The number of para-hydroxylation sites is 2. The number of anilines is 1.